The Bertz CT molecular complexity index is 634. The summed E-state index contributed by atoms with van der Waals surface area (Å²) >= 11 is 0. The quantitative estimate of drug-likeness (QED) is 0.431. The van der Waals surface area contributed by atoms with E-state index in [1.165, 1.54) is 19.2 Å². The van der Waals surface area contributed by atoms with E-state index in [1.807, 2.05) is 7.05 Å². The highest BCUT2D eigenvalue weighted by Gasteiger charge is 2.15. The molecule has 0 aromatic heterocycles. The number of hydrogen-bond acceptors (Lipinski definition) is 6. The molecule has 24 heavy (non-hydrogen) atoms. The summed E-state index contributed by atoms with van der Waals surface area (Å²) in [5.41, 5.74) is 1.07. The van der Waals surface area contributed by atoms with E-state index in [4.69, 9.17) is 4.74 Å². The molecule has 0 bridgehead atoms. The average molecular weight is 358 g/mol. The van der Waals surface area contributed by atoms with Crippen molar-refractivity contribution in [2.45, 2.75) is 17.7 Å². The Hall–Kier alpha value is -1.68. The van der Waals surface area contributed by atoms with Gasteiger partial charge in [-0.15, -0.1) is 0 Å². The summed E-state index contributed by atoms with van der Waals surface area (Å²) in [5, 5.41) is 8.86. The molecule has 0 saturated heterocycles. The first-order valence-electron chi connectivity index (χ1n) is 7.69. The smallest absolute Gasteiger partial charge is 0.240 e. The highest BCUT2D eigenvalue weighted by atomic mass is 32.2. The molecular formula is C15H26N4O4S. The number of hydrogen-bond donors (Lipinski definition) is 4. The van der Waals surface area contributed by atoms with Crippen molar-refractivity contribution in [2.24, 2.45) is 0 Å². The van der Waals surface area contributed by atoms with Gasteiger partial charge in [-0.3, -0.25) is 4.79 Å². The first-order chi connectivity index (χ1) is 11.4. The summed E-state index contributed by atoms with van der Waals surface area (Å²) < 4.78 is 31.1. The van der Waals surface area contributed by atoms with Crippen LogP contribution in [0.1, 0.15) is 12.8 Å². The van der Waals surface area contributed by atoms with E-state index in [1.54, 1.807) is 13.2 Å². The Morgan fingerprint density at radius 1 is 1.17 bits per heavy atom. The Balaban J connectivity index is 2.96. The van der Waals surface area contributed by atoms with Crippen LogP contribution < -0.4 is 20.7 Å². The Morgan fingerprint density at radius 3 is 2.54 bits per heavy atom. The summed E-state index contributed by atoms with van der Waals surface area (Å²) in [6.07, 6.45) is 1.05. The molecule has 136 valence electrons. The van der Waals surface area contributed by atoms with Crippen LogP contribution in [0.2, 0.25) is 0 Å². The molecule has 0 unspecified atom stereocenters. The van der Waals surface area contributed by atoms with Crippen molar-refractivity contribution >= 4 is 27.3 Å². The number of nitrogens with one attached hydrogen (secondary N) is 4. The lowest BCUT2D eigenvalue weighted by Gasteiger charge is -2.15. The Morgan fingerprint density at radius 2 is 1.92 bits per heavy atom. The molecule has 0 saturated carbocycles. The maximum absolute atomic E-state index is 12.0. The highest BCUT2D eigenvalue weighted by Crippen LogP contribution is 2.25. The van der Waals surface area contributed by atoms with Gasteiger partial charge in [0, 0.05) is 20.1 Å². The molecule has 1 aromatic rings. The van der Waals surface area contributed by atoms with Crippen molar-refractivity contribution < 1.29 is 17.9 Å². The highest BCUT2D eigenvalue weighted by molar-refractivity contribution is 7.89. The van der Waals surface area contributed by atoms with Crippen molar-refractivity contribution in [3.05, 3.63) is 18.2 Å². The molecule has 0 fully saturated rings. The van der Waals surface area contributed by atoms with Crippen molar-refractivity contribution in [3.63, 3.8) is 0 Å². The summed E-state index contributed by atoms with van der Waals surface area (Å²) in [6.45, 7) is 1.77. The van der Waals surface area contributed by atoms with Gasteiger partial charge < -0.3 is 20.7 Å². The van der Waals surface area contributed by atoms with Crippen molar-refractivity contribution in [2.75, 3.05) is 51.5 Å². The number of carbonyl (C=O) groups is 1. The second-order valence-electron chi connectivity index (χ2n) is 5.09. The fourth-order valence-electron chi connectivity index (χ4n) is 1.99. The lowest BCUT2D eigenvalue weighted by Crippen LogP contribution is -2.20. The van der Waals surface area contributed by atoms with E-state index in [0.29, 0.717) is 37.4 Å². The number of rotatable bonds is 11. The number of sulfonamides is 1. The van der Waals surface area contributed by atoms with Crippen molar-refractivity contribution in [1.82, 2.24) is 10.0 Å². The summed E-state index contributed by atoms with van der Waals surface area (Å²) in [7, 11) is 1.17. The van der Waals surface area contributed by atoms with E-state index in [2.05, 4.69) is 20.7 Å². The van der Waals surface area contributed by atoms with Gasteiger partial charge >= 0.3 is 0 Å². The third-order valence-electron chi connectivity index (χ3n) is 3.30. The van der Waals surface area contributed by atoms with Crippen LogP contribution in [0.4, 0.5) is 11.4 Å². The topological polar surface area (TPSA) is 109 Å². The molecule has 8 nitrogen and oxygen atoms in total. The van der Waals surface area contributed by atoms with E-state index < -0.39 is 10.0 Å². The second kappa shape index (κ2) is 10.2. The van der Waals surface area contributed by atoms with Gasteiger partial charge in [0.25, 0.3) is 0 Å². The number of methoxy groups -OCH3 is 1. The van der Waals surface area contributed by atoms with Gasteiger partial charge in [0.1, 0.15) is 0 Å². The van der Waals surface area contributed by atoms with Crippen LogP contribution in [0.3, 0.4) is 0 Å². The van der Waals surface area contributed by atoms with E-state index in [0.717, 1.165) is 6.54 Å². The SMILES string of the molecule is CNCCCC(=O)Nc1cc(S(=O)(=O)NC)ccc1NCCOC. The number of benzene rings is 1. The summed E-state index contributed by atoms with van der Waals surface area (Å²) in [4.78, 5) is 12.1. The largest absolute Gasteiger partial charge is 0.383 e. The van der Waals surface area contributed by atoms with Crippen LogP contribution in [0.25, 0.3) is 0 Å². The minimum absolute atomic E-state index is 0.0906. The zero-order chi connectivity index (χ0) is 18.0. The van der Waals surface area contributed by atoms with Crippen LogP contribution in [0.15, 0.2) is 23.1 Å². The number of ether oxygens (including phenoxy) is 1. The maximum atomic E-state index is 12.0. The zero-order valence-corrected chi connectivity index (χ0v) is 15.1. The van der Waals surface area contributed by atoms with Gasteiger partial charge in [-0.25, -0.2) is 13.1 Å². The average Bonchev–Trinajstić information content (AvgIpc) is 2.56. The first kappa shape index (κ1) is 20.4. The predicted molar refractivity (Wildman–Crippen MR) is 94.8 cm³/mol. The number of carbonyl (C=O) groups excluding carboxylic acids is 1. The third kappa shape index (κ3) is 6.44. The van der Waals surface area contributed by atoms with Crippen LogP contribution in [0.5, 0.6) is 0 Å². The van der Waals surface area contributed by atoms with Crippen LogP contribution >= 0.6 is 0 Å². The fraction of sp³-hybridized carbons (Fsp3) is 0.533. The van der Waals surface area contributed by atoms with Crippen molar-refractivity contribution in [3.8, 4) is 0 Å². The van der Waals surface area contributed by atoms with Crippen molar-refractivity contribution in [1.29, 1.82) is 0 Å². The molecule has 4 N–H and O–H groups in total. The van der Waals surface area contributed by atoms with Crippen LogP contribution in [-0.2, 0) is 19.6 Å². The lowest BCUT2D eigenvalue weighted by molar-refractivity contribution is -0.116. The second-order valence-corrected chi connectivity index (χ2v) is 6.98. The first-order valence-corrected chi connectivity index (χ1v) is 9.17. The number of anilines is 2. The molecule has 0 aliphatic rings. The monoisotopic (exact) mass is 358 g/mol. The van der Waals surface area contributed by atoms with Gasteiger partial charge in [0.05, 0.1) is 22.9 Å². The molecule has 0 atom stereocenters. The zero-order valence-electron chi connectivity index (χ0n) is 14.3. The van der Waals surface area contributed by atoms with E-state index in [-0.39, 0.29) is 10.8 Å². The van der Waals surface area contributed by atoms with Gasteiger partial charge in [-0.05, 0) is 45.3 Å². The Labute approximate surface area is 143 Å². The summed E-state index contributed by atoms with van der Waals surface area (Å²) in [5.74, 6) is -0.168. The normalized spacial score (nSPS) is 11.3. The Kier molecular flexibility index (Phi) is 8.69. The molecule has 1 rings (SSSR count). The van der Waals surface area contributed by atoms with Gasteiger partial charge in [-0.2, -0.15) is 0 Å². The van der Waals surface area contributed by atoms with Gasteiger partial charge in [0.2, 0.25) is 15.9 Å². The lowest BCUT2D eigenvalue weighted by atomic mass is 10.2. The minimum atomic E-state index is -3.58. The maximum Gasteiger partial charge on any atom is 0.240 e. The molecular weight excluding hydrogens is 332 g/mol. The molecule has 0 heterocycles. The predicted octanol–water partition coefficient (Wildman–Crippen LogP) is 0.591. The number of amides is 1. The molecule has 9 heteroatoms. The molecule has 0 radical (unpaired) electrons. The standard InChI is InChI=1S/C15H26N4O4S/c1-16-8-4-5-15(20)19-14-11-12(24(21,22)17-2)6-7-13(14)18-9-10-23-3/h6-7,11,16-18H,4-5,8-10H2,1-3H3,(H,19,20). The minimum Gasteiger partial charge on any atom is -0.383 e. The van der Waals surface area contributed by atoms with Gasteiger partial charge in [-0.1, -0.05) is 0 Å². The molecule has 1 aromatic carbocycles. The summed E-state index contributed by atoms with van der Waals surface area (Å²) in [6, 6.07) is 4.55. The molecule has 0 aliphatic carbocycles. The molecule has 1 amide bonds. The fourth-order valence-corrected chi connectivity index (χ4v) is 2.75. The molecule has 0 spiro atoms. The van der Waals surface area contributed by atoms with Crippen LogP contribution in [-0.4, -0.2) is 55.2 Å². The van der Waals surface area contributed by atoms with Crippen LogP contribution in [0, 0.1) is 0 Å². The van der Waals surface area contributed by atoms with Gasteiger partial charge in [0.15, 0.2) is 0 Å². The van der Waals surface area contributed by atoms with E-state index >= 15 is 0 Å². The van der Waals surface area contributed by atoms with E-state index in [9.17, 15) is 13.2 Å². The third-order valence-corrected chi connectivity index (χ3v) is 4.71. The molecule has 0 aliphatic heterocycles.